The van der Waals surface area contributed by atoms with Gasteiger partial charge in [0.05, 0.1) is 23.7 Å². The number of ether oxygens (including phenoxy) is 5. The van der Waals surface area contributed by atoms with E-state index in [0.717, 1.165) is 22.2 Å². The van der Waals surface area contributed by atoms with Gasteiger partial charge in [0.25, 0.3) is 0 Å². The summed E-state index contributed by atoms with van der Waals surface area (Å²) in [5.74, 6) is -0.174. The highest BCUT2D eigenvalue weighted by molar-refractivity contribution is 5.78. The van der Waals surface area contributed by atoms with Crippen LogP contribution in [0.4, 0.5) is 0 Å². The number of nitrogens with zero attached hydrogens (tertiary/aromatic N) is 1. The molecule has 2 N–H and O–H groups in total. The SMILES string of the molecule is C=COC/C=C\OCC(=O)O.CC.O=C(O)COc1cccc(COc2cccc(OCc3ccc4ccccc4n3)c2)c1. The van der Waals surface area contributed by atoms with Gasteiger partial charge in [0, 0.05) is 11.5 Å². The number of aliphatic carboxylic acids is 2. The topological polar surface area (TPSA) is 134 Å². The maximum atomic E-state index is 10.6. The zero-order chi connectivity index (χ0) is 32.0. The molecule has 0 saturated heterocycles. The van der Waals surface area contributed by atoms with Gasteiger partial charge in [-0.3, -0.25) is 0 Å². The maximum absolute atomic E-state index is 10.6. The molecular weight excluding hydrogens is 566 g/mol. The number of pyridine rings is 1. The molecule has 0 fully saturated rings. The number of para-hydroxylation sites is 1. The van der Waals surface area contributed by atoms with Gasteiger partial charge in [-0.15, -0.1) is 0 Å². The van der Waals surface area contributed by atoms with Crippen LogP contribution in [-0.2, 0) is 32.3 Å². The summed E-state index contributed by atoms with van der Waals surface area (Å²) in [7, 11) is 0. The first-order chi connectivity index (χ1) is 21.4. The Morgan fingerprint density at radius 2 is 1.41 bits per heavy atom. The molecule has 0 unspecified atom stereocenters. The Hall–Kier alpha value is -5.51. The average Bonchev–Trinajstić information content (AvgIpc) is 3.05. The molecule has 232 valence electrons. The van der Waals surface area contributed by atoms with Gasteiger partial charge >= 0.3 is 11.9 Å². The minimum atomic E-state index is -1.02. The fraction of sp³-hybridized carbons (Fsp3) is 0.206. The molecule has 0 spiro atoms. The summed E-state index contributed by atoms with van der Waals surface area (Å²) < 4.78 is 26.2. The zero-order valence-corrected chi connectivity index (χ0v) is 24.8. The van der Waals surface area contributed by atoms with E-state index in [1.54, 1.807) is 24.3 Å². The second-order valence-corrected chi connectivity index (χ2v) is 8.45. The third kappa shape index (κ3) is 13.9. The highest BCUT2D eigenvalue weighted by Gasteiger charge is 2.04. The quantitative estimate of drug-likeness (QED) is 0.112. The van der Waals surface area contributed by atoms with Gasteiger partial charge in [-0.1, -0.05) is 62.9 Å². The number of carboxylic acid groups (broad SMARTS) is 2. The van der Waals surface area contributed by atoms with Crippen molar-refractivity contribution in [2.75, 3.05) is 19.8 Å². The van der Waals surface area contributed by atoms with Crippen molar-refractivity contribution in [1.82, 2.24) is 4.98 Å². The van der Waals surface area contributed by atoms with E-state index in [0.29, 0.717) is 37.1 Å². The van der Waals surface area contributed by atoms with Crippen molar-refractivity contribution in [1.29, 1.82) is 0 Å². The molecule has 44 heavy (non-hydrogen) atoms. The minimum Gasteiger partial charge on any atom is -0.498 e. The molecule has 1 aromatic heterocycles. The van der Waals surface area contributed by atoms with E-state index in [9.17, 15) is 9.59 Å². The molecule has 3 aromatic carbocycles. The van der Waals surface area contributed by atoms with Crippen molar-refractivity contribution in [3.8, 4) is 17.2 Å². The predicted octanol–water partition coefficient (Wildman–Crippen LogP) is 6.64. The first-order valence-corrected chi connectivity index (χ1v) is 13.8. The summed E-state index contributed by atoms with van der Waals surface area (Å²) in [4.78, 5) is 25.1. The van der Waals surface area contributed by atoms with Crippen LogP contribution in [0.3, 0.4) is 0 Å². The van der Waals surface area contributed by atoms with E-state index in [1.165, 1.54) is 12.5 Å². The lowest BCUT2D eigenvalue weighted by Gasteiger charge is -2.11. The Morgan fingerprint density at radius 1 is 0.750 bits per heavy atom. The van der Waals surface area contributed by atoms with E-state index in [-0.39, 0.29) is 13.2 Å². The summed E-state index contributed by atoms with van der Waals surface area (Å²) in [6.07, 6.45) is 4.11. The number of hydrogen-bond acceptors (Lipinski definition) is 8. The Kier molecular flexibility index (Phi) is 16.1. The van der Waals surface area contributed by atoms with Crippen LogP contribution in [0, 0.1) is 0 Å². The van der Waals surface area contributed by atoms with Crippen LogP contribution in [0.5, 0.6) is 17.2 Å². The summed E-state index contributed by atoms with van der Waals surface area (Å²) in [5, 5.41) is 17.9. The van der Waals surface area contributed by atoms with Crippen LogP contribution < -0.4 is 14.2 Å². The van der Waals surface area contributed by atoms with Crippen molar-refractivity contribution in [2.45, 2.75) is 27.1 Å². The Bertz CT molecular complexity index is 1490. The number of carboxylic acids is 2. The molecule has 0 atom stereocenters. The first kappa shape index (κ1) is 34.7. The van der Waals surface area contributed by atoms with Gasteiger partial charge in [-0.25, -0.2) is 14.6 Å². The molecule has 0 aliphatic rings. The fourth-order valence-electron chi connectivity index (χ4n) is 3.39. The number of benzene rings is 3. The van der Waals surface area contributed by atoms with Crippen LogP contribution in [0.25, 0.3) is 10.9 Å². The van der Waals surface area contributed by atoms with Crippen molar-refractivity contribution >= 4 is 22.8 Å². The van der Waals surface area contributed by atoms with Gasteiger partial charge in [-0.05, 0) is 48.0 Å². The number of fused-ring (bicyclic) bond motifs is 1. The predicted molar refractivity (Wildman–Crippen MR) is 167 cm³/mol. The van der Waals surface area contributed by atoms with E-state index in [4.69, 9.17) is 29.2 Å². The van der Waals surface area contributed by atoms with Gasteiger partial charge in [0.15, 0.2) is 13.2 Å². The average molecular weight is 604 g/mol. The normalized spacial score (nSPS) is 9.95. The van der Waals surface area contributed by atoms with Crippen LogP contribution in [0.15, 0.2) is 110 Å². The van der Waals surface area contributed by atoms with E-state index < -0.39 is 11.9 Å². The molecule has 4 aromatic rings. The maximum Gasteiger partial charge on any atom is 0.341 e. The first-order valence-electron chi connectivity index (χ1n) is 13.8. The minimum absolute atomic E-state index is 0.319. The molecule has 4 rings (SSSR count). The number of aromatic nitrogens is 1. The van der Waals surface area contributed by atoms with E-state index in [2.05, 4.69) is 16.3 Å². The fourth-order valence-corrected chi connectivity index (χ4v) is 3.39. The lowest BCUT2D eigenvalue weighted by Crippen LogP contribution is -2.09. The molecule has 1 heterocycles. The smallest absolute Gasteiger partial charge is 0.341 e. The molecule has 0 bridgehead atoms. The summed E-state index contributed by atoms with van der Waals surface area (Å²) in [6, 6.07) is 26.5. The van der Waals surface area contributed by atoms with Gasteiger partial charge < -0.3 is 33.9 Å². The van der Waals surface area contributed by atoms with Crippen LogP contribution in [0.2, 0.25) is 0 Å². The van der Waals surface area contributed by atoms with Crippen molar-refractivity contribution < 1.29 is 43.5 Å². The second-order valence-electron chi connectivity index (χ2n) is 8.45. The van der Waals surface area contributed by atoms with Crippen LogP contribution in [-0.4, -0.2) is 47.0 Å². The molecule has 0 aliphatic carbocycles. The highest BCUT2D eigenvalue weighted by atomic mass is 16.5. The largest absolute Gasteiger partial charge is 0.498 e. The standard InChI is InChI=1S/C25H21NO5.C7H10O4.C2H6/c27-25(28)17-31-21-7-3-5-18(13-21)15-29-22-8-4-9-23(14-22)30-16-20-12-11-19-6-1-2-10-24(19)26-20;1-2-10-4-3-5-11-6-7(8)9;1-2/h1-14H,15-17H2,(H,27,28);2-3,5H,1,4,6H2,(H,8,9);1-2H3/b;5-3-;. The zero-order valence-electron chi connectivity index (χ0n) is 24.8. The lowest BCUT2D eigenvalue weighted by molar-refractivity contribution is -0.140. The molecule has 0 radical (unpaired) electrons. The summed E-state index contributed by atoms with van der Waals surface area (Å²) in [5.41, 5.74) is 2.66. The number of hydrogen-bond donors (Lipinski definition) is 2. The summed E-state index contributed by atoms with van der Waals surface area (Å²) >= 11 is 0. The van der Waals surface area contributed by atoms with Gasteiger partial charge in [-0.2, -0.15) is 0 Å². The Balaban J connectivity index is 0.000000441. The van der Waals surface area contributed by atoms with Gasteiger partial charge in [0.1, 0.15) is 37.1 Å². The number of rotatable bonds is 15. The molecule has 10 heteroatoms. The molecule has 0 amide bonds. The Morgan fingerprint density at radius 3 is 2.11 bits per heavy atom. The van der Waals surface area contributed by atoms with Crippen molar-refractivity contribution in [3.05, 3.63) is 121 Å². The number of carbonyl (C=O) groups is 2. The van der Waals surface area contributed by atoms with Crippen molar-refractivity contribution in [3.63, 3.8) is 0 Å². The van der Waals surface area contributed by atoms with E-state index >= 15 is 0 Å². The van der Waals surface area contributed by atoms with Crippen LogP contribution in [0.1, 0.15) is 25.1 Å². The molecule has 0 saturated carbocycles. The summed E-state index contributed by atoms with van der Waals surface area (Å²) in [6.45, 7) is 7.62. The van der Waals surface area contributed by atoms with Crippen molar-refractivity contribution in [2.24, 2.45) is 0 Å². The van der Waals surface area contributed by atoms with Gasteiger partial charge in [0.2, 0.25) is 0 Å². The van der Waals surface area contributed by atoms with Crippen LogP contribution >= 0.6 is 0 Å². The molecule has 0 aliphatic heterocycles. The molecule has 10 nitrogen and oxygen atoms in total. The third-order valence-corrected chi connectivity index (χ3v) is 5.22. The third-order valence-electron chi connectivity index (χ3n) is 5.22. The van der Waals surface area contributed by atoms with E-state index in [1.807, 2.05) is 80.6 Å². The second kappa shape index (κ2) is 20.4. The molecular formula is C34H37NO9. The Labute approximate surface area is 256 Å². The monoisotopic (exact) mass is 603 g/mol. The lowest BCUT2D eigenvalue weighted by atomic mass is 10.2. The highest BCUT2D eigenvalue weighted by Crippen LogP contribution is 2.22.